The van der Waals surface area contributed by atoms with Crippen LogP contribution in [0.4, 0.5) is 5.82 Å². The van der Waals surface area contributed by atoms with E-state index in [1.165, 1.54) is 6.20 Å². The molecular weight excluding hydrogens is 230 g/mol. The van der Waals surface area contributed by atoms with Gasteiger partial charge in [-0.25, -0.2) is 4.98 Å². The summed E-state index contributed by atoms with van der Waals surface area (Å²) >= 11 is 0. The number of benzene rings is 1. The predicted molar refractivity (Wildman–Crippen MR) is 68.0 cm³/mol. The summed E-state index contributed by atoms with van der Waals surface area (Å²) in [6, 6.07) is 7.60. The van der Waals surface area contributed by atoms with Crippen LogP contribution in [0.2, 0.25) is 0 Å². The van der Waals surface area contributed by atoms with Gasteiger partial charge in [0.1, 0.15) is 18.2 Å². The summed E-state index contributed by atoms with van der Waals surface area (Å²) in [4.78, 5) is 8.03. The van der Waals surface area contributed by atoms with Gasteiger partial charge in [-0.05, 0) is 24.1 Å². The van der Waals surface area contributed by atoms with E-state index in [1.807, 2.05) is 24.3 Å². The lowest BCUT2D eigenvalue weighted by Gasteiger charge is -2.06. The Bertz CT molecular complexity index is 483. The van der Waals surface area contributed by atoms with E-state index in [2.05, 4.69) is 9.97 Å². The second kappa shape index (κ2) is 5.97. The molecule has 0 fully saturated rings. The molecule has 1 heterocycles. The summed E-state index contributed by atoms with van der Waals surface area (Å²) in [5.74, 6) is 1.16. The first kappa shape index (κ1) is 12.3. The van der Waals surface area contributed by atoms with Crippen LogP contribution < -0.4 is 10.5 Å². The number of hydrogen-bond acceptors (Lipinski definition) is 5. The monoisotopic (exact) mass is 245 g/mol. The number of hydrogen-bond donors (Lipinski definition) is 2. The maximum absolute atomic E-state index is 8.81. The molecule has 3 N–H and O–H groups in total. The maximum atomic E-state index is 8.81. The van der Waals surface area contributed by atoms with Crippen molar-refractivity contribution in [1.29, 1.82) is 0 Å². The highest BCUT2D eigenvalue weighted by Crippen LogP contribution is 2.13. The first-order chi connectivity index (χ1) is 8.78. The molecule has 5 nitrogen and oxygen atoms in total. The molecule has 18 heavy (non-hydrogen) atoms. The summed E-state index contributed by atoms with van der Waals surface area (Å²) in [6.07, 6.45) is 3.75. The van der Waals surface area contributed by atoms with Gasteiger partial charge in [0, 0.05) is 6.61 Å². The maximum Gasteiger partial charge on any atom is 0.141 e. The van der Waals surface area contributed by atoms with Crippen molar-refractivity contribution >= 4 is 5.82 Å². The first-order valence-corrected chi connectivity index (χ1v) is 5.67. The Hall–Kier alpha value is -2.14. The molecule has 0 unspecified atom stereocenters. The fourth-order valence-corrected chi connectivity index (χ4v) is 1.48. The average molecular weight is 245 g/mol. The number of nitrogens with zero attached hydrogens (tertiary/aromatic N) is 2. The quantitative estimate of drug-likeness (QED) is 0.826. The molecule has 1 aromatic heterocycles. The molecule has 0 aliphatic rings. The minimum absolute atomic E-state index is 0.154. The minimum atomic E-state index is 0.154. The summed E-state index contributed by atoms with van der Waals surface area (Å²) in [5, 5.41) is 8.81. The van der Waals surface area contributed by atoms with Crippen LogP contribution in [-0.4, -0.2) is 21.7 Å². The largest absolute Gasteiger partial charge is 0.487 e. The van der Waals surface area contributed by atoms with Crippen LogP contribution in [0, 0.1) is 0 Å². The van der Waals surface area contributed by atoms with Crippen LogP contribution in [-0.2, 0) is 13.0 Å². The van der Waals surface area contributed by atoms with E-state index >= 15 is 0 Å². The van der Waals surface area contributed by atoms with E-state index in [-0.39, 0.29) is 6.61 Å². The Morgan fingerprint density at radius 1 is 1.11 bits per heavy atom. The number of nitrogens with two attached hydrogens (primary N) is 1. The molecule has 0 saturated carbocycles. The van der Waals surface area contributed by atoms with Crippen molar-refractivity contribution in [1.82, 2.24) is 9.97 Å². The third-order valence-corrected chi connectivity index (χ3v) is 2.44. The number of nitrogen functional groups attached to an aromatic ring is 1. The number of aromatic nitrogens is 2. The number of aliphatic hydroxyl groups excluding tert-OH is 1. The van der Waals surface area contributed by atoms with Gasteiger partial charge in [-0.3, -0.25) is 4.98 Å². The molecule has 2 rings (SSSR count). The van der Waals surface area contributed by atoms with E-state index in [1.54, 1.807) is 6.20 Å². The third-order valence-electron chi connectivity index (χ3n) is 2.44. The number of anilines is 1. The lowest BCUT2D eigenvalue weighted by Crippen LogP contribution is -2.01. The molecular formula is C13H15N3O2. The van der Waals surface area contributed by atoms with E-state index in [0.717, 1.165) is 17.0 Å². The summed E-state index contributed by atoms with van der Waals surface area (Å²) in [7, 11) is 0. The highest BCUT2D eigenvalue weighted by atomic mass is 16.5. The van der Waals surface area contributed by atoms with Gasteiger partial charge in [0.15, 0.2) is 0 Å². The van der Waals surface area contributed by atoms with Crippen LogP contribution in [0.15, 0.2) is 36.7 Å². The summed E-state index contributed by atoms with van der Waals surface area (Å²) in [5.41, 5.74) is 7.25. The van der Waals surface area contributed by atoms with Gasteiger partial charge in [0.25, 0.3) is 0 Å². The Kier molecular flexibility index (Phi) is 4.09. The molecule has 1 aromatic carbocycles. The smallest absolute Gasteiger partial charge is 0.141 e. The molecule has 0 amide bonds. The molecule has 94 valence electrons. The zero-order chi connectivity index (χ0) is 12.8. The van der Waals surface area contributed by atoms with Gasteiger partial charge in [-0.15, -0.1) is 0 Å². The van der Waals surface area contributed by atoms with Crippen molar-refractivity contribution in [3.8, 4) is 5.75 Å². The Balaban J connectivity index is 1.91. The Morgan fingerprint density at radius 3 is 2.50 bits per heavy atom. The highest BCUT2D eigenvalue weighted by molar-refractivity contribution is 5.28. The molecule has 5 heteroatoms. The molecule has 0 radical (unpaired) electrons. The molecule has 0 aliphatic heterocycles. The molecule has 0 bridgehead atoms. The molecule has 0 saturated heterocycles. The lowest BCUT2D eigenvalue weighted by molar-refractivity contribution is 0.297. The number of rotatable bonds is 5. The molecule has 0 spiro atoms. The molecule has 0 atom stereocenters. The van der Waals surface area contributed by atoms with Gasteiger partial charge in [0.05, 0.1) is 18.1 Å². The van der Waals surface area contributed by atoms with E-state index in [4.69, 9.17) is 15.6 Å². The lowest BCUT2D eigenvalue weighted by atomic mass is 10.1. The summed E-state index contributed by atoms with van der Waals surface area (Å²) in [6.45, 7) is 0.508. The zero-order valence-electron chi connectivity index (χ0n) is 9.91. The van der Waals surface area contributed by atoms with Crippen molar-refractivity contribution in [2.75, 3.05) is 12.3 Å². The van der Waals surface area contributed by atoms with Crippen LogP contribution in [0.25, 0.3) is 0 Å². The minimum Gasteiger partial charge on any atom is -0.487 e. The second-order valence-corrected chi connectivity index (χ2v) is 3.84. The predicted octanol–water partition coefficient (Wildman–Crippen LogP) is 1.17. The van der Waals surface area contributed by atoms with Gasteiger partial charge < -0.3 is 15.6 Å². The Morgan fingerprint density at radius 2 is 1.89 bits per heavy atom. The van der Waals surface area contributed by atoms with Crippen molar-refractivity contribution in [2.24, 2.45) is 0 Å². The van der Waals surface area contributed by atoms with E-state index in [0.29, 0.717) is 18.8 Å². The zero-order valence-corrected chi connectivity index (χ0v) is 9.91. The number of ether oxygens (including phenoxy) is 1. The van der Waals surface area contributed by atoms with Crippen LogP contribution in [0.3, 0.4) is 0 Å². The SMILES string of the molecule is Nc1cnc(COc2ccc(CCO)cc2)cn1. The van der Waals surface area contributed by atoms with Crippen LogP contribution in [0.5, 0.6) is 5.75 Å². The van der Waals surface area contributed by atoms with Gasteiger partial charge in [0.2, 0.25) is 0 Å². The van der Waals surface area contributed by atoms with Gasteiger partial charge in [-0.1, -0.05) is 12.1 Å². The summed E-state index contributed by atoms with van der Waals surface area (Å²) < 4.78 is 5.56. The van der Waals surface area contributed by atoms with E-state index < -0.39 is 0 Å². The average Bonchev–Trinajstić information content (AvgIpc) is 2.40. The van der Waals surface area contributed by atoms with Crippen molar-refractivity contribution in [3.63, 3.8) is 0 Å². The van der Waals surface area contributed by atoms with Gasteiger partial charge >= 0.3 is 0 Å². The second-order valence-electron chi connectivity index (χ2n) is 3.84. The topological polar surface area (TPSA) is 81.3 Å². The van der Waals surface area contributed by atoms with Crippen molar-refractivity contribution in [3.05, 3.63) is 47.9 Å². The third kappa shape index (κ3) is 3.43. The fourth-order valence-electron chi connectivity index (χ4n) is 1.48. The van der Waals surface area contributed by atoms with Gasteiger partial charge in [-0.2, -0.15) is 0 Å². The molecule has 0 aliphatic carbocycles. The first-order valence-electron chi connectivity index (χ1n) is 5.67. The normalized spacial score (nSPS) is 10.3. The van der Waals surface area contributed by atoms with Crippen molar-refractivity contribution < 1.29 is 9.84 Å². The van der Waals surface area contributed by atoms with Crippen molar-refractivity contribution in [2.45, 2.75) is 13.0 Å². The van der Waals surface area contributed by atoms with E-state index in [9.17, 15) is 0 Å². The highest BCUT2D eigenvalue weighted by Gasteiger charge is 1.98. The fraction of sp³-hybridized carbons (Fsp3) is 0.231. The Labute approximate surface area is 105 Å². The van der Waals surface area contributed by atoms with Crippen LogP contribution in [0.1, 0.15) is 11.3 Å². The standard InChI is InChI=1S/C13H15N3O2/c14-13-8-15-11(7-16-13)9-18-12-3-1-10(2-4-12)5-6-17/h1-4,7-8,17H,5-6,9H2,(H2,14,16). The molecule has 2 aromatic rings. The van der Waals surface area contributed by atoms with Crippen LogP contribution >= 0.6 is 0 Å². The number of aliphatic hydroxyl groups is 1.